The number of hydrogen-bond acceptors (Lipinski definition) is 3. The summed E-state index contributed by atoms with van der Waals surface area (Å²) in [5.41, 5.74) is 1.69. The number of fused-ring (bicyclic) bond motifs is 1. The minimum atomic E-state index is -0.739. The van der Waals surface area contributed by atoms with Crippen LogP contribution in [0.25, 0.3) is 0 Å². The first-order valence-electron chi connectivity index (χ1n) is 8.51. The summed E-state index contributed by atoms with van der Waals surface area (Å²) in [6.07, 6.45) is -0.739. The maximum atomic E-state index is 12.7. The minimum absolute atomic E-state index is 0.282. The van der Waals surface area contributed by atoms with Gasteiger partial charge in [-0.2, -0.15) is 0 Å². The monoisotopic (exact) mass is 428 g/mol. The van der Waals surface area contributed by atoms with Crippen molar-refractivity contribution in [3.8, 4) is 0 Å². The van der Waals surface area contributed by atoms with Crippen molar-refractivity contribution in [2.75, 3.05) is 0 Å². The van der Waals surface area contributed by atoms with Gasteiger partial charge in [-0.3, -0.25) is 15.0 Å². The van der Waals surface area contributed by atoms with Crippen LogP contribution in [0.2, 0.25) is 0 Å². The molecule has 0 spiro atoms. The Morgan fingerprint density at radius 3 is 2.37 bits per heavy atom. The van der Waals surface area contributed by atoms with Crippen LogP contribution in [0.15, 0.2) is 59.1 Å². The first-order valence-corrected chi connectivity index (χ1v) is 9.31. The third kappa shape index (κ3) is 3.28. The van der Waals surface area contributed by atoms with E-state index in [2.05, 4.69) is 31.9 Å². The number of urea groups is 2. The quantitative estimate of drug-likeness (QED) is 0.701. The van der Waals surface area contributed by atoms with Crippen LogP contribution in [0.4, 0.5) is 9.59 Å². The van der Waals surface area contributed by atoms with Crippen molar-refractivity contribution in [1.29, 1.82) is 0 Å². The van der Waals surface area contributed by atoms with Crippen LogP contribution in [0.1, 0.15) is 17.2 Å². The molecule has 2 aliphatic heterocycles. The van der Waals surface area contributed by atoms with Crippen LogP contribution in [0.5, 0.6) is 0 Å². The molecule has 5 amide bonds. The number of carbonyl (C=O) groups is 3. The molecule has 3 N–H and O–H groups in total. The van der Waals surface area contributed by atoms with Gasteiger partial charge in [0.05, 0.1) is 6.04 Å². The van der Waals surface area contributed by atoms with E-state index < -0.39 is 36.1 Å². The zero-order valence-electron chi connectivity index (χ0n) is 14.2. The Morgan fingerprint density at radius 2 is 1.63 bits per heavy atom. The van der Waals surface area contributed by atoms with E-state index in [0.717, 1.165) is 15.6 Å². The highest BCUT2D eigenvalue weighted by atomic mass is 79.9. The summed E-state index contributed by atoms with van der Waals surface area (Å²) in [6.45, 7) is 0.282. The molecule has 2 aliphatic rings. The molecule has 0 bridgehead atoms. The molecule has 4 rings (SSSR count). The average molecular weight is 429 g/mol. The minimum Gasteiger partial charge on any atom is -0.330 e. The molecule has 27 heavy (non-hydrogen) atoms. The van der Waals surface area contributed by atoms with Gasteiger partial charge < -0.3 is 10.6 Å². The number of halogens is 1. The first-order chi connectivity index (χ1) is 13.0. The van der Waals surface area contributed by atoms with Crippen molar-refractivity contribution in [2.24, 2.45) is 5.92 Å². The number of carbonyl (C=O) groups excluding carboxylic acids is 3. The van der Waals surface area contributed by atoms with Crippen LogP contribution in [0, 0.1) is 5.92 Å². The number of nitrogens with one attached hydrogen (secondary N) is 3. The van der Waals surface area contributed by atoms with Gasteiger partial charge in [-0.1, -0.05) is 64.5 Å². The molecule has 0 radical (unpaired) electrons. The number of nitrogens with zero attached hydrogens (tertiary/aromatic N) is 1. The number of hydrogen-bond donors (Lipinski definition) is 3. The molecule has 7 nitrogen and oxygen atoms in total. The molecule has 0 aromatic heterocycles. The van der Waals surface area contributed by atoms with E-state index in [9.17, 15) is 14.4 Å². The Kier molecular flexibility index (Phi) is 4.57. The molecule has 8 heteroatoms. The van der Waals surface area contributed by atoms with E-state index in [0.29, 0.717) is 0 Å². The zero-order chi connectivity index (χ0) is 19.0. The van der Waals surface area contributed by atoms with Gasteiger partial charge in [0.15, 0.2) is 0 Å². The smallest absolute Gasteiger partial charge is 0.326 e. The van der Waals surface area contributed by atoms with Crippen molar-refractivity contribution >= 4 is 33.9 Å². The molecule has 2 fully saturated rings. The van der Waals surface area contributed by atoms with E-state index in [1.54, 1.807) is 0 Å². The lowest BCUT2D eigenvalue weighted by Gasteiger charge is -2.46. The molecule has 138 valence electrons. The molecular weight excluding hydrogens is 412 g/mol. The van der Waals surface area contributed by atoms with Gasteiger partial charge in [-0.15, -0.1) is 0 Å². The van der Waals surface area contributed by atoms with Crippen LogP contribution in [-0.4, -0.2) is 29.0 Å². The number of benzene rings is 2. The van der Waals surface area contributed by atoms with Gasteiger partial charge in [0, 0.05) is 11.0 Å². The summed E-state index contributed by atoms with van der Waals surface area (Å²) in [7, 11) is 0. The van der Waals surface area contributed by atoms with Gasteiger partial charge in [-0.05, 0) is 17.2 Å². The summed E-state index contributed by atoms with van der Waals surface area (Å²) in [6, 6.07) is 15.4. The molecule has 3 atom stereocenters. The summed E-state index contributed by atoms with van der Waals surface area (Å²) >= 11 is 3.49. The van der Waals surface area contributed by atoms with E-state index >= 15 is 0 Å². The fraction of sp³-hybridized carbons (Fsp3) is 0.211. The van der Waals surface area contributed by atoms with Gasteiger partial charge in [0.25, 0.3) is 0 Å². The first kappa shape index (κ1) is 17.5. The topological polar surface area (TPSA) is 90.5 Å². The Morgan fingerprint density at radius 1 is 0.926 bits per heavy atom. The highest BCUT2D eigenvalue weighted by Gasteiger charge is 2.50. The Labute approximate surface area is 164 Å². The third-order valence-electron chi connectivity index (χ3n) is 4.83. The van der Waals surface area contributed by atoms with Crippen molar-refractivity contribution in [3.63, 3.8) is 0 Å². The molecule has 0 saturated carbocycles. The Bertz CT molecular complexity index is 905. The number of imide groups is 1. The molecule has 2 aromatic rings. The van der Waals surface area contributed by atoms with Crippen LogP contribution in [-0.2, 0) is 11.3 Å². The van der Waals surface area contributed by atoms with E-state index in [1.807, 2.05) is 54.6 Å². The predicted octanol–water partition coefficient (Wildman–Crippen LogP) is 2.50. The maximum absolute atomic E-state index is 12.7. The SMILES string of the molecule is O=C1NC(c2ccccc2Br)C2C(=O)NC(=O)N(Cc3ccccc3)C2N1. The lowest BCUT2D eigenvalue weighted by molar-refractivity contribution is -0.130. The lowest BCUT2D eigenvalue weighted by atomic mass is 9.86. The zero-order valence-corrected chi connectivity index (χ0v) is 15.8. The third-order valence-corrected chi connectivity index (χ3v) is 5.55. The second kappa shape index (κ2) is 7.03. The molecular formula is C19H17BrN4O3. The number of amides is 5. The molecule has 3 unspecified atom stereocenters. The number of rotatable bonds is 3. The summed E-state index contributed by atoms with van der Waals surface area (Å²) < 4.78 is 0.787. The summed E-state index contributed by atoms with van der Waals surface area (Å²) in [4.78, 5) is 39.0. The highest BCUT2D eigenvalue weighted by Crippen LogP contribution is 2.35. The molecule has 2 heterocycles. The van der Waals surface area contributed by atoms with Crippen LogP contribution >= 0.6 is 15.9 Å². The fourth-order valence-electron chi connectivity index (χ4n) is 3.58. The second-order valence-corrected chi connectivity index (χ2v) is 7.35. The van der Waals surface area contributed by atoms with Gasteiger partial charge in [0.2, 0.25) is 5.91 Å². The van der Waals surface area contributed by atoms with Crippen LogP contribution < -0.4 is 16.0 Å². The largest absolute Gasteiger partial charge is 0.330 e. The highest BCUT2D eigenvalue weighted by molar-refractivity contribution is 9.10. The molecule has 0 aliphatic carbocycles. The molecule has 2 aromatic carbocycles. The van der Waals surface area contributed by atoms with Gasteiger partial charge in [0.1, 0.15) is 12.1 Å². The Balaban J connectivity index is 1.71. The lowest BCUT2D eigenvalue weighted by Crippen LogP contribution is -2.71. The second-order valence-electron chi connectivity index (χ2n) is 6.50. The summed E-state index contributed by atoms with van der Waals surface area (Å²) in [5.74, 6) is -1.08. The van der Waals surface area contributed by atoms with Crippen molar-refractivity contribution in [1.82, 2.24) is 20.9 Å². The standard InChI is InChI=1S/C19H17BrN4O3/c20-13-9-5-4-8-12(13)15-14-16(22-18(26)21-15)24(19(27)23-17(14)25)10-11-6-2-1-3-7-11/h1-9,14-16H,10H2,(H2,21,22,26)(H,23,25,27). The Hall–Kier alpha value is -2.87. The van der Waals surface area contributed by atoms with E-state index in [1.165, 1.54) is 4.90 Å². The maximum Gasteiger partial charge on any atom is 0.326 e. The van der Waals surface area contributed by atoms with Gasteiger partial charge >= 0.3 is 12.1 Å². The van der Waals surface area contributed by atoms with Crippen molar-refractivity contribution in [2.45, 2.75) is 18.8 Å². The summed E-state index contributed by atoms with van der Waals surface area (Å²) in [5, 5.41) is 8.00. The average Bonchev–Trinajstić information content (AvgIpc) is 2.65. The van der Waals surface area contributed by atoms with E-state index in [4.69, 9.17) is 0 Å². The van der Waals surface area contributed by atoms with E-state index in [-0.39, 0.29) is 6.54 Å². The van der Waals surface area contributed by atoms with Crippen molar-refractivity contribution < 1.29 is 14.4 Å². The predicted molar refractivity (Wildman–Crippen MR) is 101 cm³/mol. The van der Waals surface area contributed by atoms with Crippen LogP contribution in [0.3, 0.4) is 0 Å². The van der Waals surface area contributed by atoms with Crippen molar-refractivity contribution in [3.05, 3.63) is 70.2 Å². The van der Waals surface area contributed by atoms with Gasteiger partial charge in [-0.25, -0.2) is 9.59 Å². The molecule has 2 saturated heterocycles. The normalized spacial score (nSPS) is 24.6. The fourth-order valence-corrected chi connectivity index (χ4v) is 4.11.